The zero-order valence-electron chi connectivity index (χ0n) is 14.3. The molecule has 7 nitrogen and oxygen atoms in total. The van der Waals surface area contributed by atoms with Crippen LogP contribution in [0.25, 0.3) is 11.3 Å². The average Bonchev–Trinajstić information content (AvgIpc) is 2.95. The van der Waals surface area contributed by atoms with Crippen LogP contribution in [0.1, 0.15) is 12.5 Å². The van der Waals surface area contributed by atoms with Gasteiger partial charge in [-0.05, 0) is 24.6 Å². The highest BCUT2D eigenvalue weighted by Crippen LogP contribution is 2.25. The first-order valence-corrected chi connectivity index (χ1v) is 7.63. The molecule has 0 saturated heterocycles. The Morgan fingerprint density at radius 2 is 2.08 bits per heavy atom. The second-order valence-corrected chi connectivity index (χ2v) is 5.92. The molecule has 0 spiro atoms. The number of amides is 2. The summed E-state index contributed by atoms with van der Waals surface area (Å²) in [6.45, 7) is 3.62. The molecular weight excluding hydrogens is 308 g/mol. The Morgan fingerprint density at radius 3 is 2.67 bits per heavy atom. The fourth-order valence-electron chi connectivity index (χ4n) is 2.36. The smallest absolute Gasteiger partial charge is 0.321 e. The van der Waals surface area contributed by atoms with E-state index in [9.17, 15) is 9.59 Å². The van der Waals surface area contributed by atoms with Gasteiger partial charge in [0.2, 0.25) is 0 Å². The van der Waals surface area contributed by atoms with Gasteiger partial charge in [-0.2, -0.15) is 5.10 Å². The quantitative estimate of drug-likeness (QED) is 0.882. The molecule has 24 heavy (non-hydrogen) atoms. The molecule has 2 N–H and O–H groups in total. The summed E-state index contributed by atoms with van der Waals surface area (Å²) in [5.74, 6) is -1.55. The van der Waals surface area contributed by atoms with Crippen molar-refractivity contribution < 1.29 is 14.7 Å². The summed E-state index contributed by atoms with van der Waals surface area (Å²) in [6.07, 6.45) is 1.72. The lowest BCUT2D eigenvalue weighted by Gasteiger charge is -2.21. The summed E-state index contributed by atoms with van der Waals surface area (Å²) in [7, 11) is 3.43. The lowest BCUT2D eigenvalue weighted by molar-refractivity contribution is -0.141. The van der Waals surface area contributed by atoms with E-state index in [4.69, 9.17) is 5.11 Å². The fraction of sp³-hybridized carbons (Fsp3) is 0.353. The summed E-state index contributed by atoms with van der Waals surface area (Å²) in [4.78, 5) is 24.6. The zero-order chi connectivity index (χ0) is 17.9. The Kier molecular flexibility index (Phi) is 5.23. The Morgan fingerprint density at radius 1 is 1.38 bits per heavy atom. The molecule has 2 amide bonds. The normalized spacial score (nSPS) is 11.8. The molecule has 1 aromatic carbocycles. The van der Waals surface area contributed by atoms with E-state index in [0.717, 1.165) is 16.8 Å². The number of carboxylic acids is 1. The molecule has 1 unspecified atom stereocenters. The van der Waals surface area contributed by atoms with E-state index >= 15 is 0 Å². The number of carbonyl (C=O) groups excluding carboxylic acids is 1. The highest BCUT2D eigenvalue weighted by atomic mass is 16.4. The summed E-state index contributed by atoms with van der Waals surface area (Å²) in [5, 5.41) is 15.9. The summed E-state index contributed by atoms with van der Waals surface area (Å²) in [6, 6.07) is 7.35. The lowest BCUT2D eigenvalue weighted by atomic mass is 10.1. The maximum atomic E-state index is 12.3. The van der Waals surface area contributed by atoms with E-state index in [1.165, 1.54) is 4.90 Å². The molecular formula is C17H22N4O3. The maximum absolute atomic E-state index is 12.3. The fourth-order valence-corrected chi connectivity index (χ4v) is 2.36. The Balaban J connectivity index is 2.16. The first-order valence-electron chi connectivity index (χ1n) is 7.63. The predicted octanol–water partition coefficient (Wildman–Crippen LogP) is 2.58. The number of aliphatic carboxylic acids is 1. The van der Waals surface area contributed by atoms with Gasteiger partial charge in [-0.25, -0.2) is 4.79 Å². The van der Waals surface area contributed by atoms with Gasteiger partial charge in [0.05, 0.1) is 11.6 Å². The number of carboxylic acid groups (broad SMARTS) is 1. The van der Waals surface area contributed by atoms with Crippen molar-refractivity contribution in [3.63, 3.8) is 0 Å². The average molecular weight is 330 g/mol. The van der Waals surface area contributed by atoms with Crippen molar-refractivity contribution >= 4 is 17.7 Å². The molecule has 0 fully saturated rings. The van der Waals surface area contributed by atoms with Crippen molar-refractivity contribution in [2.24, 2.45) is 13.0 Å². The van der Waals surface area contributed by atoms with Gasteiger partial charge >= 0.3 is 12.0 Å². The Labute approximate surface area is 140 Å². The van der Waals surface area contributed by atoms with Crippen LogP contribution in [0.2, 0.25) is 0 Å². The number of rotatable bonds is 5. The van der Waals surface area contributed by atoms with Crippen molar-refractivity contribution in [1.29, 1.82) is 0 Å². The number of urea groups is 1. The van der Waals surface area contributed by atoms with Gasteiger partial charge in [-0.1, -0.05) is 19.1 Å². The first-order chi connectivity index (χ1) is 11.3. The third-order valence-corrected chi connectivity index (χ3v) is 3.91. The van der Waals surface area contributed by atoms with Gasteiger partial charge in [0.1, 0.15) is 0 Å². The number of aromatic nitrogens is 2. The second kappa shape index (κ2) is 7.16. The van der Waals surface area contributed by atoms with Gasteiger partial charge in [-0.3, -0.25) is 9.48 Å². The van der Waals surface area contributed by atoms with Gasteiger partial charge in [0.25, 0.3) is 0 Å². The van der Waals surface area contributed by atoms with Crippen LogP contribution in [-0.4, -0.2) is 45.4 Å². The van der Waals surface area contributed by atoms with Crippen LogP contribution in [0.5, 0.6) is 0 Å². The van der Waals surface area contributed by atoms with Crippen LogP contribution in [0.4, 0.5) is 10.5 Å². The van der Waals surface area contributed by atoms with Crippen LogP contribution >= 0.6 is 0 Å². The second-order valence-electron chi connectivity index (χ2n) is 5.92. The number of benzene rings is 1. The maximum Gasteiger partial charge on any atom is 0.321 e. The van der Waals surface area contributed by atoms with E-state index in [1.54, 1.807) is 24.9 Å². The molecule has 0 aliphatic rings. The third-order valence-electron chi connectivity index (χ3n) is 3.91. The van der Waals surface area contributed by atoms with Crippen LogP contribution in [0.15, 0.2) is 30.5 Å². The van der Waals surface area contributed by atoms with Gasteiger partial charge in [0.15, 0.2) is 0 Å². The highest BCUT2D eigenvalue weighted by molar-refractivity contribution is 5.91. The van der Waals surface area contributed by atoms with Crippen molar-refractivity contribution in [2.45, 2.75) is 13.8 Å². The molecule has 7 heteroatoms. The third kappa shape index (κ3) is 3.92. The topological polar surface area (TPSA) is 87.5 Å². The molecule has 0 saturated carbocycles. The van der Waals surface area contributed by atoms with E-state index in [1.807, 2.05) is 38.2 Å². The first kappa shape index (κ1) is 17.5. The molecule has 1 atom stereocenters. The number of nitrogens with zero attached hydrogens (tertiary/aromatic N) is 3. The Hall–Kier alpha value is -2.83. The SMILES string of the molecule is Cc1ccc(-c2ccnn2C)cc1NC(=O)N(C)CC(C)C(=O)O. The minimum atomic E-state index is -0.927. The van der Waals surface area contributed by atoms with Gasteiger partial charge < -0.3 is 15.3 Å². The number of anilines is 1. The molecule has 128 valence electrons. The van der Waals surface area contributed by atoms with Crippen LogP contribution in [0.3, 0.4) is 0 Å². The molecule has 2 rings (SSSR count). The van der Waals surface area contributed by atoms with Crippen LogP contribution < -0.4 is 5.32 Å². The van der Waals surface area contributed by atoms with E-state index in [-0.39, 0.29) is 12.6 Å². The monoisotopic (exact) mass is 330 g/mol. The molecule has 1 heterocycles. The van der Waals surface area contributed by atoms with Crippen molar-refractivity contribution in [3.8, 4) is 11.3 Å². The summed E-state index contributed by atoms with van der Waals surface area (Å²) >= 11 is 0. The van der Waals surface area contributed by atoms with Crippen molar-refractivity contribution in [2.75, 3.05) is 18.9 Å². The molecule has 0 bridgehead atoms. The molecule has 0 aliphatic carbocycles. The highest BCUT2D eigenvalue weighted by Gasteiger charge is 2.18. The standard InChI is InChI=1S/C17H22N4O3/c1-11-5-6-13(15-7-8-18-21(15)4)9-14(11)19-17(24)20(3)10-12(2)16(22)23/h5-9,12H,10H2,1-4H3,(H,19,24)(H,22,23). The van der Waals surface area contributed by atoms with E-state index in [0.29, 0.717) is 5.69 Å². The number of aryl methyl sites for hydroxylation is 2. The molecule has 0 aliphatic heterocycles. The number of carbonyl (C=O) groups is 2. The number of nitrogens with one attached hydrogen (secondary N) is 1. The van der Waals surface area contributed by atoms with Crippen molar-refractivity contribution in [1.82, 2.24) is 14.7 Å². The summed E-state index contributed by atoms with van der Waals surface area (Å²) in [5.41, 5.74) is 3.50. The number of hydrogen-bond donors (Lipinski definition) is 2. The molecule has 2 aromatic rings. The van der Waals surface area contributed by atoms with Crippen LogP contribution in [-0.2, 0) is 11.8 Å². The minimum Gasteiger partial charge on any atom is -0.481 e. The largest absolute Gasteiger partial charge is 0.481 e. The van der Waals surface area contributed by atoms with Gasteiger partial charge in [0, 0.05) is 38.1 Å². The van der Waals surface area contributed by atoms with E-state index in [2.05, 4.69) is 10.4 Å². The van der Waals surface area contributed by atoms with Crippen molar-refractivity contribution in [3.05, 3.63) is 36.0 Å². The number of hydrogen-bond acceptors (Lipinski definition) is 3. The Bertz CT molecular complexity index is 754. The van der Waals surface area contributed by atoms with Crippen LogP contribution in [0, 0.1) is 12.8 Å². The van der Waals surface area contributed by atoms with Gasteiger partial charge in [-0.15, -0.1) is 0 Å². The lowest BCUT2D eigenvalue weighted by Crippen LogP contribution is -2.36. The van der Waals surface area contributed by atoms with E-state index < -0.39 is 11.9 Å². The zero-order valence-corrected chi connectivity index (χ0v) is 14.3. The predicted molar refractivity (Wildman–Crippen MR) is 91.8 cm³/mol. The molecule has 0 radical (unpaired) electrons. The summed E-state index contributed by atoms with van der Waals surface area (Å²) < 4.78 is 1.76. The minimum absolute atomic E-state index is 0.141. The molecule has 1 aromatic heterocycles.